The molecule has 5 heteroatoms. The molecule has 1 aliphatic rings. The van der Waals surface area contributed by atoms with Gasteiger partial charge in [-0.1, -0.05) is 51.9 Å². The van der Waals surface area contributed by atoms with E-state index in [0.29, 0.717) is 13.2 Å². The number of carboxylic acid groups (broad SMARTS) is 1. The van der Waals surface area contributed by atoms with Crippen molar-refractivity contribution in [1.29, 1.82) is 0 Å². The first kappa shape index (κ1) is 18.4. The Labute approximate surface area is 128 Å². The van der Waals surface area contributed by atoms with E-state index < -0.39 is 11.8 Å². The summed E-state index contributed by atoms with van der Waals surface area (Å²) in [4.78, 5) is 10.9. The van der Waals surface area contributed by atoms with Crippen molar-refractivity contribution in [3.63, 3.8) is 0 Å². The Kier molecular flexibility index (Phi) is 8.88. The van der Waals surface area contributed by atoms with Gasteiger partial charge in [-0.3, -0.25) is 0 Å². The van der Waals surface area contributed by atoms with E-state index in [9.17, 15) is 4.79 Å². The van der Waals surface area contributed by atoms with Gasteiger partial charge in [0.2, 0.25) is 0 Å². The molecule has 1 aliphatic heterocycles. The molecule has 2 atom stereocenters. The summed E-state index contributed by atoms with van der Waals surface area (Å²) in [5, 5.41) is 8.95. The van der Waals surface area contributed by atoms with Crippen molar-refractivity contribution in [1.82, 2.24) is 0 Å². The number of carboxylic acids is 1. The van der Waals surface area contributed by atoms with E-state index in [1.165, 1.54) is 51.9 Å². The molecule has 21 heavy (non-hydrogen) atoms. The van der Waals surface area contributed by atoms with Crippen molar-refractivity contribution in [3.05, 3.63) is 0 Å². The molecule has 1 heterocycles. The second-order valence-corrected chi connectivity index (χ2v) is 5.85. The standard InChI is InChI=1S/C16H30O5/c1-3-4-5-6-7-8-9-10-11-19-12-14-13-20-16(2,21-14)15(17)18/h14H,3-13H2,1-2H3,(H,17,18). The molecular formula is C16H30O5. The molecule has 2 unspecified atom stereocenters. The molecular weight excluding hydrogens is 272 g/mol. The smallest absolute Gasteiger partial charge is 0.364 e. The van der Waals surface area contributed by atoms with Gasteiger partial charge in [0.15, 0.2) is 0 Å². The summed E-state index contributed by atoms with van der Waals surface area (Å²) < 4.78 is 16.0. The fourth-order valence-corrected chi connectivity index (χ4v) is 2.39. The Morgan fingerprint density at radius 2 is 1.81 bits per heavy atom. The van der Waals surface area contributed by atoms with Crippen molar-refractivity contribution < 1.29 is 24.1 Å². The van der Waals surface area contributed by atoms with Gasteiger partial charge in [-0.25, -0.2) is 4.79 Å². The van der Waals surface area contributed by atoms with Gasteiger partial charge in [-0.2, -0.15) is 0 Å². The van der Waals surface area contributed by atoms with E-state index in [2.05, 4.69) is 6.92 Å². The van der Waals surface area contributed by atoms with Crippen LogP contribution in [-0.4, -0.2) is 42.8 Å². The molecule has 1 saturated heterocycles. The fourth-order valence-electron chi connectivity index (χ4n) is 2.39. The molecule has 0 aromatic rings. The highest BCUT2D eigenvalue weighted by molar-refractivity contribution is 5.75. The minimum Gasteiger partial charge on any atom is -0.477 e. The maximum absolute atomic E-state index is 10.9. The van der Waals surface area contributed by atoms with Crippen molar-refractivity contribution in [2.75, 3.05) is 19.8 Å². The van der Waals surface area contributed by atoms with Crippen LogP contribution in [0.1, 0.15) is 65.2 Å². The molecule has 1 N–H and O–H groups in total. The van der Waals surface area contributed by atoms with Crippen LogP contribution in [0.4, 0.5) is 0 Å². The van der Waals surface area contributed by atoms with Gasteiger partial charge in [0.05, 0.1) is 13.2 Å². The first-order chi connectivity index (χ1) is 10.1. The van der Waals surface area contributed by atoms with Crippen LogP contribution in [0.2, 0.25) is 0 Å². The normalized spacial score (nSPS) is 25.3. The Hall–Kier alpha value is -0.650. The molecule has 0 aliphatic carbocycles. The molecule has 0 bridgehead atoms. The van der Waals surface area contributed by atoms with Gasteiger partial charge < -0.3 is 19.3 Å². The van der Waals surface area contributed by atoms with Gasteiger partial charge >= 0.3 is 5.97 Å². The highest BCUT2D eigenvalue weighted by Crippen LogP contribution is 2.23. The highest BCUT2D eigenvalue weighted by Gasteiger charge is 2.44. The molecule has 0 spiro atoms. The van der Waals surface area contributed by atoms with Crippen LogP contribution in [0.25, 0.3) is 0 Å². The first-order valence-corrected chi connectivity index (χ1v) is 8.21. The number of carbonyl (C=O) groups is 1. The largest absolute Gasteiger partial charge is 0.477 e. The summed E-state index contributed by atoms with van der Waals surface area (Å²) in [6.45, 7) is 5.04. The number of hydrogen-bond acceptors (Lipinski definition) is 4. The SMILES string of the molecule is CCCCCCCCCCOCC1COC(C)(C(=O)O)O1. The topological polar surface area (TPSA) is 65.0 Å². The zero-order valence-corrected chi connectivity index (χ0v) is 13.4. The van der Waals surface area contributed by atoms with Gasteiger partial charge in [0.25, 0.3) is 5.79 Å². The maximum Gasteiger partial charge on any atom is 0.364 e. The Morgan fingerprint density at radius 3 is 2.38 bits per heavy atom. The Bertz CT molecular complexity index is 294. The number of unbranched alkanes of at least 4 members (excludes halogenated alkanes) is 7. The van der Waals surface area contributed by atoms with E-state index in [0.717, 1.165) is 6.42 Å². The molecule has 124 valence electrons. The van der Waals surface area contributed by atoms with Gasteiger partial charge in [0, 0.05) is 13.5 Å². The zero-order valence-electron chi connectivity index (χ0n) is 13.4. The van der Waals surface area contributed by atoms with Gasteiger partial charge in [-0.15, -0.1) is 0 Å². The third-order valence-electron chi connectivity index (χ3n) is 3.77. The van der Waals surface area contributed by atoms with Crippen molar-refractivity contribution in [2.24, 2.45) is 0 Å². The highest BCUT2D eigenvalue weighted by atomic mass is 16.8. The van der Waals surface area contributed by atoms with Crippen LogP contribution in [-0.2, 0) is 19.0 Å². The molecule has 0 aromatic carbocycles. The van der Waals surface area contributed by atoms with E-state index in [4.69, 9.17) is 19.3 Å². The van der Waals surface area contributed by atoms with E-state index >= 15 is 0 Å². The lowest BCUT2D eigenvalue weighted by Crippen LogP contribution is -2.37. The minimum atomic E-state index is -1.51. The average Bonchev–Trinajstić information content (AvgIpc) is 2.84. The number of hydrogen-bond donors (Lipinski definition) is 1. The molecule has 1 rings (SSSR count). The van der Waals surface area contributed by atoms with Crippen LogP contribution in [0.5, 0.6) is 0 Å². The molecule has 0 radical (unpaired) electrons. The number of aliphatic carboxylic acids is 1. The van der Waals surface area contributed by atoms with Gasteiger partial charge in [-0.05, 0) is 6.42 Å². The predicted molar refractivity (Wildman–Crippen MR) is 80.3 cm³/mol. The van der Waals surface area contributed by atoms with Crippen molar-refractivity contribution >= 4 is 5.97 Å². The molecule has 0 amide bonds. The van der Waals surface area contributed by atoms with Crippen molar-refractivity contribution in [3.8, 4) is 0 Å². The lowest BCUT2D eigenvalue weighted by Gasteiger charge is -2.17. The van der Waals surface area contributed by atoms with Crippen LogP contribution >= 0.6 is 0 Å². The van der Waals surface area contributed by atoms with Gasteiger partial charge in [0.1, 0.15) is 6.10 Å². The summed E-state index contributed by atoms with van der Waals surface area (Å²) in [6.07, 6.45) is 9.90. The summed E-state index contributed by atoms with van der Waals surface area (Å²) >= 11 is 0. The van der Waals surface area contributed by atoms with Crippen LogP contribution < -0.4 is 0 Å². The second-order valence-electron chi connectivity index (χ2n) is 5.85. The lowest BCUT2D eigenvalue weighted by atomic mass is 10.1. The van der Waals surface area contributed by atoms with E-state index in [-0.39, 0.29) is 12.7 Å². The number of ether oxygens (including phenoxy) is 3. The summed E-state index contributed by atoms with van der Waals surface area (Å²) in [7, 11) is 0. The van der Waals surface area contributed by atoms with Crippen LogP contribution in [0.15, 0.2) is 0 Å². The van der Waals surface area contributed by atoms with E-state index in [1.807, 2.05) is 0 Å². The monoisotopic (exact) mass is 302 g/mol. The lowest BCUT2D eigenvalue weighted by molar-refractivity contribution is -0.200. The third-order valence-corrected chi connectivity index (χ3v) is 3.77. The van der Waals surface area contributed by atoms with Crippen LogP contribution in [0.3, 0.4) is 0 Å². The molecule has 0 aromatic heterocycles. The predicted octanol–water partition coefficient (Wildman–Crippen LogP) is 3.36. The van der Waals surface area contributed by atoms with Crippen LogP contribution in [0, 0.1) is 0 Å². The summed E-state index contributed by atoms with van der Waals surface area (Å²) in [6, 6.07) is 0. The Morgan fingerprint density at radius 1 is 1.19 bits per heavy atom. The second kappa shape index (κ2) is 10.1. The Balaban J connectivity index is 1.90. The first-order valence-electron chi connectivity index (χ1n) is 8.21. The molecule has 1 fully saturated rings. The minimum absolute atomic E-state index is 0.278. The summed E-state index contributed by atoms with van der Waals surface area (Å²) in [5.74, 6) is -2.60. The zero-order chi connectivity index (χ0) is 15.6. The van der Waals surface area contributed by atoms with Crippen molar-refractivity contribution in [2.45, 2.75) is 77.1 Å². The average molecular weight is 302 g/mol. The quantitative estimate of drug-likeness (QED) is 0.560. The van der Waals surface area contributed by atoms with E-state index in [1.54, 1.807) is 0 Å². The number of rotatable bonds is 12. The third kappa shape index (κ3) is 7.25. The maximum atomic E-state index is 10.9. The molecule has 5 nitrogen and oxygen atoms in total. The summed E-state index contributed by atoms with van der Waals surface area (Å²) in [5.41, 5.74) is 0. The fraction of sp³-hybridized carbons (Fsp3) is 0.938. The molecule has 0 saturated carbocycles.